The van der Waals surface area contributed by atoms with Gasteiger partial charge in [-0.25, -0.2) is 9.78 Å². The Morgan fingerprint density at radius 2 is 2.42 bits per heavy atom. The lowest BCUT2D eigenvalue weighted by Gasteiger charge is -2.09. The average molecular weight is 268 g/mol. The van der Waals surface area contributed by atoms with Crippen LogP contribution in [0.5, 0.6) is 5.88 Å². The standard InChI is InChI=1S/C11H12N2O6/c14-11(15)8-1-2-9(13(16)17)10(12-8)19-6-7-3-4-18-5-7/h1-2,7H,3-6H2,(H,14,15). The number of carboxylic acids is 1. The summed E-state index contributed by atoms with van der Waals surface area (Å²) in [4.78, 5) is 24.6. The van der Waals surface area contributed by atoms with Gasteiger partial charge in [-0.1, -0.05) is 0 Å². The van der Waals surface area contributed by atoms with Crippen molar-refractivity contribution >= 4 is 11.7 Å². The molecule has 2 rings (SSSR count). The number of carbonyl (C=O) groups is 1. The molecule has 1 aliphatic heterocycles. The lowest BCUT2D eigenvalue weighted by Crippen LogP contribution is -2.14. The summed E-state index contributed by atoms with van der Waals surface area (Å²) in [5, 5.41) is 19.6. The second-order valence-corrected chi connectivity index (χ2v) is 4.12. The highest BCUT2D eigenvalue weighted by Crippen LogP contribution is 2.25. The van der Waals surface area contributed by atoms with E-state index in [9.17, 15) is 14.9 Å². The number of carboxylic acid groups (broad SMARTS) is 1. The average Bonchev–Trinajstić information content (AvgIpc) is 2.88. The normalized spacial score (nSPS) is 18.2. The van der Waals surface area contributed by atoms with E-state index in [2.05, 4.69) is 4.98 Å². The smallest absolute Gasteiger partial charge is 0.354 e. The van der Waals surface area contributed by atoms with Crippen molar-refractivity contribution in [2.24, 2.45) is 5.92 Å². The first-order chi connectivity index (χ1) is 9.08. The van der Waals surface area contributed by atoms with Gasteiger partial charge in [-0.3, -0.25) is 10.1 Å². The van der Waals surface area contributed by atoms with E-state index in [0.717, 1.165) is 18.6 Å². The van der Waals surface area contributed by atoms with Crippen LogP contribution >= 0.6 is 0 Å². The zero-order chi connectivity index (χ0) is 13.8. The van der Waals surface area contributed by atoms with Gasteiger partial charge >= 0.3 is 11.7 Å². The Hall–Kier alpha value is -2.22. The molecular weight excluding hydrogens is 256 g/mol. The van der Waals surface area contributed by atoms with Gasteiger partial charge in [0.05, 0.1) is 18.1 Å². The first-order valence-electron chi connectivity index (χ1n) is 5.67. The minimum Gasteiger partial charge on any atom is -0.477 e. The van der Waals surface area contributed by atoms with Gasteiger partial charge in [0, 0.05) is 18.6 Å². The molecule has 1 atom stereocenters. The predicted octanol–water partition coefficient (Wildman–Crippen LogP) is 1.10. The summed E-state index contributed by atoms with van der Waals surface area (Å²) in [6.45, 7) is 1.39. The largest absolute Gasteiger partial charge is 0.477 e. The summed E-state index contributed by atoms with van der Waals surface area (Å²) in [6, 6.07) is 2.16. The maximum atomic E-state index is 10.8. The third-order valence-electron chi connectivity index (χ3n) is 2.74. The molecular formula is C11H12N2O6. The number of nitrogens with zero attached hydrogens (tertiary/aromatic N) is 2. The van der Waals surface area contributed by atoms with Crippen LogP contribution in [0.4, 0.5) is 5.69 Å². The maximum absolute atomic E-state index is 10.8. The molecule has 0 spiro atoms. The quantitative estimate of drug-likeness (QED) is 0.628. The number of hydrogen-bond donors (Lipinski definition) is 1. The van der Waals surface area contributed by atoms with Gasteiger partial charge in [-0.05, 0) is 12.5 Å². The molecule has 1 unspecified atom stereocenters. The summed E-state index contributed by atoms with van der Waals surface area (Å²) in [5.41, 5.74) is -0.632. The fraction of sp³-hybridized carbons (Fsp3) is 0.455. The molecule has 0 bridgehead atoms. The Morgan fingerprint density at radius 1 is 1.63 bits per heavy atom. The van der Waals surface area contributed by atoms with Crippen LogP contribution in [0.2, 0.25) is 0 Å². The highest BCUT2D eigenvalue weighted by molar-refractivity contribution is 5.85. The Morgan fingerprint density at radius 3 is 3.00 bits per heavy atom. The Kier molecular flexibility index (Phi) is 3.91. The van der Waals surface area contributed by atoms with E-state index in [1.54, 1.807) is 0 Å². The molecule has 8 nitrogen and oxygen atoms in total. The lowest BCUT2D eigenvalue weighted by molar-refractivity contribution is -0.386. The summed E-state index contributed by atoms with van der Waals surface area (Å²) in [7, 11) is 0. The monoisotopic (exact) mass is 268 g/mol. The third-order valence-corrected chi connectivity index (χ3v) is 2.74. The maximum Gasteiger partial charge on any atom is 0.354 e. The van der Waals surface area contributed by atoms with E-state index in [-0.39, 0.29) is 29.8 Å². The summed E-state index contributed by atoms with van der Waals surface area (Å²) < 4.78 is 10.4. The van der Waals surface area contributed by atoms with Crippen LogP contribution in [-0.4, -0.2) is 40.8 Å². The van der Waals surface area contributed by atoms with E-state index >= 15 is 0 Å². The predicted molar refractivity (Wildman–Crippen MR) is 62.3 cm³/mol. The van der Waals surface area contributed by atoms with Crippen LogP contribution in [0.1, 0.15) is 16.9 Å². The van der Waals surface area contributed by atoms with E-state index in [4.69, 9.17) is 14.6 Å². The van der Waals surface area contributed by atoms with Gasteiger partial charge in [0.25, 0.3) is 5.88 Å². The molecule has 1 aromatic rings. The molecule has 2 heterocycles. The molecule has 19 heavy (non-hydrogen) atoms. The number of pyridine rings is 1. The van der Waals surface area contributed by atoms with Gasteiger partial charge in [-0.2, -0.15) is 0 Å². The molecule has 8 heteroatoms. The van der Waals surface area contributed by atoms with Crippen molar-refractivity contribution in [2.45, 2.75) is 6.42 Å². The second kappa shape index (κ2) is 5.61. The number of nitro groups is 1. The van der Waals surface area contributed by atoms with Crippen LogP contribution in [0.3, 0.4) is 0 Å². The van der Waals surface area contributed by atoms with Crippen molar-refractivity contribution in [1.29, 1.82) is 0 Å². The SMILES string of the molecule is O=C(O)c1ccc([N+](=O)[O-])c(OCC2CCOC2)n1. The molecule has 1 saturated heterocycles. The van der Waals surface area contributed by atoms with E-state index in [0.29, 0.717) is 13.2 Å². The molecule has 0 aliphatic carbocycles. The summed E-state index contributed by atoms with van der Waals surface area (Å²) >= 11 is 0. The summed E-state index contributed by atoms with van der Waals surface area (Å²) in [6.07, 6.45) is 0.812. The third kappa shape index (κ3) is 3.16. The van der Waals surface area contributed by atoms with Crippen LogP contribution in [0.15, 0.2) is 12.1 Å². The van der Waals surface area contributed by atoms with Gasteiger partial charge in [-0.15, -0.1) is 0 Å². The van der Waals surface area contributed by atoms with Crippen LogP contribution < -0.4 is 4.74 Å². The van der Waals surface area contributed by atoms with Crippen LogP contribution in [0.25, 0.3) is 0 Å². The summed E-state index contributed by atoms with van der Waals surface area (Å²) in [5.74, 6) is -1.38. The van der Waals surface area contributed by atoms with E-state index < -0.39 is 10.9 Å². The number of ether oxygens (including phenoxy) is 2. The number of aromatic carboxylic acids is 1. The minimum atomic E-state index is -1.26. The highest BCUT2D eigenvalue weighted by atomic mass is 16.6. The molecule has 1 N–H and O–H groups in total. The van der Waals surface area contributed by atoms with Crippen molar-refractivity contribution in [2.75, 3.05) is 19.8 Å². The van der Waals surface area contributed by atoms with Crippen molar-refractivity contribution in [3.63, 3.8) is 0 Å². The molecule has 0 amide bonds. The van der Waals surface area contributed by atoms with Gasteiger partial charge in [0.1, 0.15) is 0 Å². The zero-order valence-electron chi connectivity index (χ0n) is 9.94. The van der Waals surface area contributed by atoms with Gasteiger partial charge in [0.2, 0.25) is 0 Å². The van der Waals surface area contributed by atoms with Crippen LogP contribution in [-0.2, 0) is 4.74 Å². The lowest BCUT2D eigenvalue weighted by atomic mass is 10.1. The second-order valence-electron chi connectivity index (χ2n) is 4.12. The molecule has 1 aliphatic rings. The highest BCUT2D eigenvalue weighted by Gasteiger charge is 2.22. The van der Waals surface area contributed by atoms with Crippen molar-refractivity contribution in [1.82, 2.24) is 4.98 Å². The first kappa shape index (κ1) is 13.2. The van der Waals surface area contributed by atoms with Gasteiger partial charge < -0.3 is 14.6 Å². The fourth-order valence-corrected chi connectivity index (χ4v) is 1.71. The number of aromatic nitrogens is 1. The molecule has 1 aromatic heterocycles. The fourth-order valence-electron chi connectivity index (χ4n) is 1.71. The molecule has 1 fully saturated rings. The Balaban J connectivity index is 2.16. The molecule has 0 saturated carbocycles. The number of hydrogen-bond acceptors (Lipinski definition) is 6. The van der Waals surface area contributed by atoms with E-state index in [1.165, 1.54) is 0 Å². The van der Waals surface area contributed by atoms with E-state index in [1.807, 2.05) is 0 Å². The molecule has 0 radical (unpaired) electrons. The first-order valence-corrected chi connectivity index (χ1v) is 5.67. The van der Waals surface area contributed by atoms with Crippen molar-refractivity contribution in [3.05, 3.63) is 27.9 Å². The minimum absolute atomic E-state index is 0.148. The molecule has 0 aromatic carbocycles. The van der Waals surface area contributed by atoms with Crippen molar-refractivity contribution in [3.8, 4) is 5.88 Å². The molecule has 102 valence electrons. The Labute approximate surface area is 108 Å². The number of rotatable bonds is 5. The van der Waals surface area contributed by atoms with Crippen molar-refractivity contribution < 1.29 is 24.3 Å². The topological polar surface area (TPSA) is 112 Å². The van der Waals surface area contributed by atoms with Gasteiger partial charge in [0.15, 0.2) is 5.69 Å². The Bertz CT molecular complexity index is 498. The zero-order valence-corrected chi connectivity index (χ0v) is 9.94. The van der Waals surface area contributed by atoms with Crippen LogP contribution in [0, 0.1) is 16.0 Å².